The van der Waals surface area contributed by atoms with E-state index in [1.54, 1.807) is 36.7 Å². The standard InChI is InChI=1S/C26H21FN2O2/c27-22-11-10-17(13-25(30)18-6-2-1-3-7-18)12-21(22)26(31)14-23-19-8-4-5-9-20(19)24-15-28-16-29(23)24/h1-13,15-16,23,26,30-31H,14H2/b25-13-/t23-,26+/m0/s1. The van der Waals surface area contributed by atoms with Crippen LogP contribution in [0.1, 0.15) is 40.8 Å². The molecule has 0 aliphatic carbocycles. The van der Waals surface area contributed by atoms with Gasteiger partial charge in [-0.25, -0.2) is 9.37 Å². The van der Waals surface area contributed by atoms with Crippen molar-refractivity contribution in [1.82, 2.24) is 9.55 Å². The summed E-state index contributed by atoms with van der Waals surface area (Å²) in [6.07, 6.45) is 4.43. The first-order valence-corrected chi connectivity index (χ1v) is 10.2. The maximum atomic E-state index is 14.6. The maximum absolute atomic E-state index is 14.6. The third-order valence-electron chi connectivity index (χ3n) is 5.80. The van der Waals surface area contributed by atoms with Crippen LogP contribution < -0.4 is 0 Å². The number of hydrogen-bond donors (Lipinski definition) is 2. The van der Waals surface area contributed by atoms with Gasteiger partial charge in [-0.3, -0.25) is 0 Å². The molecule has 0 fully saturated rings. The van der Waals surface area contributed by atoms with Crippen LogP contribution in [0.5, 0.6) is 0 Å². The number of fused-ring (bicyclic) bond motifs is 3. The Kier molecular flexibility index (Phi) is 4.88. The van der Waals surface area contributed by atoms with Crippen LogP contribution in [0.25, 0.3) is 23.1 Å². The van der Waals surface area contributed by atoms with Crippen molar-refractivity contribution < 1.29 is 14.6 Å². The zero-order chi connectivity index (χ0) is 21.4. The largest absolute Gasteiger partial charge is 0.507 e. The minimum absolute atomic E-state index is 0.0837. The lowest BCUT2D eigenvalue weighted by Gasteiger charge is -2.20. The van der Waals surface area contributed by atoms with E-state index in [1.807, 2.05) is 53.2 Å². The Morgan fingerprint density at radius 2 is 1.84 bits per heavy atom. The van der Waals surface area contributed by atoms with E-state index in [4.69, 9.17) is 0 Å². The molecule has 0 radical (unpaired) electrons. The molecule has 31 heavy (non-hydrogen) atoms. The predicted molar refractivity (Wildman–Crippen MR) is 119 cm³/mol. The molecule has 0 amide bonds. The van der Waals surface area contributed by atoms with Gasteiger partial charge in [-0.1, -0.05) is 60.7 Å². The monoisotopic (exact) mass is 412 g/mol. The van der Waals surface area contributed by atoms with Gasteiger partial charge >= 0.3 is 0 Å². The average molecular weight is 412 g/mol. The third kappa shape index (κ3) is 3.53. The van der Waals surface area contributed by atoms with Crippen molar-refractivity contribution in [2.45, 2.75) is 18.6 Å². The number of hydrogen-bond acceptors (Lipinski definition) is 3. The Hall–Kier alpha value is -3.70. The van der Waals surface area contributed by atoms with Crippen molar-refractivity contribution in [3.05, 3.63) is 113 Å². The van der Waals surface area contributed by atoms with Gasteiger partial charge in [0.25, 0.3) is 0 Å². The zero-order valence-electron chi connectivity index (χ0n) is 16.7. The van der Waals surface area contributed by atoms with Crippen LogP contribution in [0.15, 0.2) is 85.3 Å². The Morgan fingerprint density at radius 3 is 2.68 bits per heavy atom. The SMILES string of the molecule is O/C(=C\c1ccc(F)c([C@H](O)C[C@H]2c3ccccc3-c3cncn32)c1)c1ccccc1. The first kappa shape index (κ1) is 19.3. The van der Waals surface area contributed by atoms with E-state index < -0.39 is 11.9 Å². The second-order valence-corrected chi connectivity index (χ2v) is 7.72. The van der Waals surface area contributed by atoms with Crippen LogP contribution in [0, 0.1) is 5.82 Å². The third-order valence-corrected chi connectivity index (χ3v) is 5.80. The molecule has 1 aromatic heterocycles. The molecule has 0 saturated carbocycles. The number of benzene rings is 3. The van der Waals surface area contributed by atoms with Crippen molar-refractivity contribution in [3.8, 4) is 11.3 Å². The van der Waals surface area contributed by atoms with Crippen molar-refractivity contribution in [2.24, 2.45) is 0 Å². The lowest BCUT2D eigenvalue weighted by atomic mass is 9.94. The molecule has 1 aliphatic heterocycles. The number of halogens is 1. The fraction of sp³-hybridized carbons (Fsp3) is 0.115. The van der Waals surface area contributed by atoms with Gasteiger partial charge in [0.1, 0.15) is 11.6 Å². The smallest absolute Gasteiger partial charge is 0.129 e. The molecule has 4 aromatic rings. The van der Waals surface area contributed by atoms with Crippen LogP contribution in [-0.2, 0) is 0 Å². The number of aliphatic hydroxyl groups excluding tert-OH is 2. The summed E-state index contributed by atoms with van der Waals surface area (Å²) in [7, 11) is 0. The normalized spacial score (nSPS) is 16.1. The molecule has 2 heterocycles. The van der Waals surface area contributed by atoms with Gasteiger partial charge in [-0.15, -0.1) is 0 Å². The number of nitrogens with zero attached hydrogens (tertiary/aromatic N) is 2. The minimum atomic E-state index is -1.02. The Labute approximate surface area is 179 Å². The molecule has 2 N–H and O–H groups in total. The molecular formula is C26H21FN2O2. The lowest BCUT2D eigenvalue weighted by molar-refractivity contribution is 0.149. The molecule has 0 bridgehead atoms. The highest BCUT2D eigenvalue weighted by atomic mass is 19.1. The molecule has 1 aliphatic rings. The van der Waals surface area contributed by atoms with Crippen LogP contribution in [0.3, 0.4) is 0 Å². The summed E-state index contributed by atoms with van der Waals surface area (Å²) < 4.78 is 16.6. The van der Waals surface area contributed by atoms with Gasteiger partial charge in [0.2, 0.25) is 0 Å². The highest BCUT2D eigenvalue weighted by molar-refractivity contribution is 5.76. The van der Waals surface area contributed by atoms with Crippen LogP contribution >= 0.6 is 0 Å². The molecule has 3 aromatic carbocycles. The molecule has 0 spiro atoms. The summed E-state index contributed by atoms with van der Waals surface area (Å²) in [5, 5.41) is 21.4. The van der Waals surface area contributed by atoms with Gasteiger partial charge < -0.3 is 14.8 Å². The number of aromatic nitrogens is 2. The summed E-state index contributed by atoms with van der Waals surface area (Å²) >= 11 is 0. The molecule has 2 atom stereocenters. The highest BCUT2D eigenvalue weighted by Gasteiger charge is 2.30. The van der Waals surface area contributed by atoms with Crippen LogP contribution in [0.4, 0.5) is 4.39 Å². The zero-order valence-corrected chi connectivity index (χ0v) is 16.7. The van der Waals surface area contributed by atoms with Crippen LogP contribution in [-0.4, -0.2) is 19.8 Å². The Morgan fingerprint density at radius 1 is 1.06 bits per heavy atom. The number of imidazole rings is 1. The van der Waals surface area contributed by atoms with E-state index in [0.717, 1.165) is 16.8 Å². The van der Waals surface area contributed by atoms with Gasteiger partial charge in [0.15, 0.2) is 0 Å². The van der Waals surface area contributed by atoms with Gasteiger partial charge in [-0.05, 0) is 29.3 Å². The summed E-state index contributed by atoms with van der Waals surface area (Å²) in [5.41, 5.74) is 4.67. The summed E-state index contributed by atoms with van der Waals surface area (Å²) in [5.74, 6) is -0.388. The summed E-state index contributed by atoms with van der Waals surface area (Å²) in [4.78, 5) is 4.24. The van der Waals surface area contributed by atoms with E-state index in [-0.39, 0.29) is 17.4 Å². The first-order chi connectivity index (χ1) is 15.1. The van der Waals surface area contributed by atoms with E-state index in [0.29, 0.717) is 17.5 Å². The lowest BCUT2D eigenvalue weighted by Crippen LogP contribution is -2.11. The Bertz CT molecular complexity index is 1260. The predicted octanol–water partition coefficient (Wildman–Crippen LogP) is 5.77. The van der Waals surface area contributed by atoms with Crippen molar-refractivity contribution >= 4 is 11.8 Å². The average Bonchev–Trinajstić information content (AvgIpc) is 3.38. The molecule has 4 nitrogen and oxygen atoms in total. The topological polar surface area (TPSA) is 58.3 Å². The highest BCUT2D eigenvalue weighted by Crippen LogP contribution is 2.43. The number of aliphatic hydroxyl groups is 2. The molecule has 0 saturated heterocycles. The molecule has 154 valence electrons. The van der Waals surface area contributed by atoms with Crippen molar-refractivity contribution in [2.75, 3.05) is 0 Å². The molecule has 0 unspecified atom stereocenters. The van der Waals surface area contributed by atoms with E-state index >= 15 is 0 Å². The van der Waals surface area contributed by atoms with E-state index in [9.17, 15) is 14.6 Å². The van der Waals surface area contributed by atoms with E-state index in [2.05, 4.69) is 4.98 Å². The van der Waals surface area contributed by atoms with Crippen molar-refractivity contribution in [1.29, 1.82) is 0 Å². The van der Waals surface area contributed by atoms with Gasteiger partial charge in [-0.2, -0.15) is 0 Å². The maximum Gasteiger partial charge on any atom is 0.129 e. The van der Waals surface area contributed by atoms with E-state index in [1.165, 1.54) is 6.07 Å². The second kappa shape index (κ2) is 7.85. The summed E-state index contributed by atoms with van der Waals surface area (Å²) in [6, 6.07) is 21.5. The summed E-state index contributed by atoms with van der Waals surface area (Å²) in [6.45, 7) is 0. The molecule has 5 rings (SSSR count). The molecular weight excluding hydrogens is 391 g/mol. The van der Waals surface area contributed by atoms with Crippen molar-refractivity contribution in [3.63, 3.8) is 0 Å². The van der Waals surface area contributed by atoms with Crippen LogP contribution in [0.2, 0.25) is 0 Å². The second-order valence-electron chi connectivity index (χ2n) is 7.72. The minimum Gasteiger partial charge on any atom is -0.507 e. The quantitative estimate of drug-likeness (QED) is 0.323. The fourth-order valence-corrected chi connectivity index (χ4v) is 4.27. The fourth-order valence-electron chi connectivity index (χ4n) is 4.27. The molecule has 5 heteroatoms. The number of rotatable bonds is 5. The van der Waals surface area contributed by atoms with Gasteiger partial charge in [0.05, 0.1) is 30.4 Å². The Balaban J connectivity index is 1.44. The van der Waals surface area contributed by atoms with Gasteiger partial charge in [0, 0.05) is 23.1 Å². The first-order valence-electron chi connectivity index (χ1n) is 10.2.